The van der Waals surface area contributed by atoms with Crippen LogP contribution < -0.4 is 5.32 Å². The molecule has 0 aliphatic heterocycles. The molecule has 0 saturated carbocycles. The standard InChI is InChI=1S/C8H16ClNS/c1-8(7-11-2)10-6-4-3-5-9/h3-4,8,10H,5-7H2,1-2H3/b4-3+. The first-order chi connectivity index (χ1) is 5.31. The number of hydrogen-bond acceptors (Lipinski definition) is 2. The van der Waals surface area contributed by atoms with Crippen LogP contribution in [-0.2, 0) is 0 Å². The van der Waals surface area contributed by atoms with Crippen molar-refractivity contribution in [3.8, 4) is 0 Å². The second kappa shape index (κ2) is 8.44. The van der Waals surface area contributed by atoms with Gasteiger partial charge in [0.2, 0.25) is 0 Å². The monoisotopic (exact) mass is 193 g/mol. The van der Waals surface area contributed by atoms with Crippen molar-refractivity contribution < 1.29 is 0 Å². The predicted octanol–water partition coefficient (Wildman–Crippen LogP) is 2.12. The van der Waals surface area contributed by atoms with Crippen molar-refractivity contribution in [2.24, 2.45) is 0 Å². The van der Waals surface area contributed by atoms with Gasteiger partial charge in [0, 0.05) is 24.2 Å². The van der Waals surface area contributed by atoms with Gasteiger partial charge in [-0.1, -0.05) is 12.2 Å². The van der Waals surface area contributed by atoms with Crippen molar-refractivity contribution in [3.05, 3.63) is 12.2 Å². The lowest BCUT2D eigenvalue weighted by molar-refractivity contribution is 0.641. The minimum absolute atomic E-state index is 0.588. The molecule has 0 aromatic heterocycles. The zero-order chi connectivity index (χ0) is 8.53. The molecule has 1 nitrogen and oxygen atoms in total. The van der Waals surface area contributed by atoms with Crippen LogP contribution in [0.2, 0.25) is 0 Å². The van der Waals surface area contributed by atoms with E-state index in [0.29, 0.717) is 11.9 Å². The summed E-state index contributed by atoms with van der Waals surface area (Å²) in [4.78, 5) is 0. The van der Waals surface area contributed by atoms with E-state index in [1.54, 1.807) is 0 Å². The Labute approximate surface area is 78.6 Å². The number of allylic oxidation sites excluding steroid dienone is 1. The van der Waals surface area contributed by atoms with E-state index in [2.05, 4.69) is 24.6 Å². The Morgan fingerprint density at radius 1 is 1.55 bits per heavy atom. The lowest BCUT2D eigenvalue weighted by Gasteiger charge is -2.09. The fourth-order valence-corrected chi connectivity index (χ4v) is 1.47. The summed E-state index contributed by atoms with van der Waals surface area (Å²) >= 11 is 7.32. The van der Waals surface area contributed by atoms with Crippen molar-refractivity contribution in [1.29, 1.82) is 0 Å². The summed E-state index contributed by atoms with van der Waals surface area (Å²) in [5.74, 6) is 1.77. The first-order valence-corrected chi connectivity index (χ1v) is 5.67. The predicted molar refractivity (Wildman–Crippen MR) is 55.7 cm³/mol. The highest BCUT2D eigenvalue weighted by Gasteiger charge is 1.95. The molecule has 1 atom stereocenters. The fraction of sp³-hybridized carbons (Fsp3) is 0.750. The molecule has 0 aliphatic carbocycles. The average Bonchev–Trinajstić information content (AvgIpc) is 1.99. The summed E-state index contributed by atoms with van der Waals surface area (Å²) in [5, 5.41) is 3.35. The van der Waals surface area contributed by atoms with Crippen molar-refractivity contribution in [2.45, 2.75) is 13.0 Å². The van der Waals surface area contributed by atoms with E-state index in [9.17, 15) is 0 Å². The highest BCUT2D eigenvalue weighted by Crippen LogP contribution is 1.95. The third kappa shape index (κ3) is 8.24. The number of thioether (sulfide) groups is 1. The zero-order valence-corrected chi connectivity index (χ0v) is 8.71. The van der Waals surface area contributed by atoms with Crippen LogP contribution in [0.15, 0.2) is 12.2 Å². The minimum atomic E-state index is 0.588. The van der Waals surface area contributed by atoms with Crippen molar-refractivity contribution in [3.63, 3.8) is 0 Å². The molecule has 0 aliphatic rings. The first-order valence-electron chi connectivity index (χ1n) is 3.74. The van der Waals surface area contributed by atoms with Crippen LogP contribution >= 0.6 is 23.4 Å². The Balaban J connectivity index is 3.16. The SMILES string of the molecule is CSCC(C)NC/C=C/CCl. The maximum Gasteiger partial charge on any atom is 0.0404 e. The number of nitrogens with one attached hydrogen (secondary N) is 1. The van der Waals surface area contributed by atoms with Crippen LogP contribution in [0.1, 0.15) is 6.92 Å². The van der Waals surface area contributed by atoms with Gasteiger partial charge in [0.15, 0.2) is 0 Å². The van der Waals surface area contributed by atoms with Crippen LogP contribution in [0, 0.1) is 0 Å². The van der Waals surface area contributed by atoms with Gasteiger partial charge < -0.3 is 5.32 Å². The Morgan fingerprint density at radius 3 is 2.82 bits per heavy atom. The molecule has 0 fully saturated rings. The molecular weight excluding hydrogens is 178 g/mol. The molecule has 0 aromatic rings. The Bertz CT molecular complexity index is 106. The quantitative estimate of drug-likeness (QED) is 0.513. The normalized spacial score (nSPS) is 14.1. The summed E-state index contributed by atoms with van der Waals surface area (Å²) in [7, 11) is 0. The second-order valence-electron chi connectivity index (χ2n) is 2.39. The van der Waals surface area contributed by atoms with Gasteiger partial charge in [0.25, 0.3) is 0 Å². The van der Waals surface area contributed by atoms with Gasteiger partial charge in [-0.2, -0.15) is 11.8 Å². The minimum Gasteiger partial charge on any atom is -0.310 e. The molecular formula is C8H16ClNS. The second-order valence-corrected chi connectivity index (χ2v) is 3.61. The first kappa shape index (κ1) is 11.3. The molecule has 0 bridgehead atoms. The van der Waals surface area contributed by atoms with E-state index in [1.165, 1.54) is 0 Å². The molecule has 66 valence electrons. The zero-order valence-electron chi connectivity index (χ0n) is 7.14. The molecule has 0 rings (SSSR count). The fourth-order valence-electron chi connectivity index (χ4n) is 0.724. The molecule has 3 heteroatoms. The van der Waals surface area contributed by atoms with Crippen LogP contribution in [0.5, 0.6) is 0 Å². The van der Waals surface area contributed by atoms with Gasteiger partial charge in [-0.05, 0) is 13.2 Å². The average molecular weight is 194 g/mol. The number of hydrogen-bond donors (Lipinski definition) is 1. The highest BCUT2D eigenvalue weighted by molar-refractivity contribution is 7.98. The highest BCUT2D eigenvalue weighted by atomic mass is 35.5. The third-order valence-electron chi connectivity index (χ3n) is 1.26. The van der Waals surface area contributed by atoms with Gasteiger partial charge in [-0.25, -0.2) is 0 Å². The Morgan fingerprint density at radius 2 is 2.27 bits per heavy atom. The van der Waals surface area contributed by atoms with Crippen LogP contribution in [0.4, 0.5) is 0 Å². The summed E-state index contributed by atoms with van der Waals surface area (Å²) in [6.07, 6.45) is 6.14. The molecule has 0 amide bonds. The molecule has 11 heavy (non-hydrogen) atoms. The van der Waals surface area contributed by atoms with Crippen LogP contribution in [0.25, 0.3) is 0 Å². The maximum atomic E-state index is 5.46. The maximum absolute atomic E-state index is 5.46. The molecule has 1 N–H and O–H groups in total. The smallest absolute Gasteiger partial charge is 0.0404 e. The number of rotatable bonds is 6. The summed E-state index contributed by atoms with van der Waals surface area (Å²) in [6.45, 7) is 3.11. The lowest BCUT2D eigenvalue weighted by atomic mass is 10.4. The molecule has 0 aromatic carbocycles. The van der Waals surface area contributed by atoms with Crippen molar-refractivity contribution in [2.75, 3.05) is 24.4 Å². The van der Waals surface area contributed by atoms with E-state index in [0.717, 1.165) is 12.3 Å². The van der Waals surface area contributed by atoms with E-state index < -0.39 is 0 Å². The molecule has 0 spiro atoms. The Kier molecular flexibility index (Phi) is 8.70. The summed E-state index contributed by atoms with van der Waals surface area (Å²) in [5.41, 5.74) is 0. The molecule has 0 saturated heterocycles. The number of alkyl halides is 1. The molecule has 1 unspecified atom stereocenters. The number of halogens is 1. The van der Waals surface area contributed by atoms with Gasteiger partial charge in [-0.3, -0.25) is 0 Å². The summed E-state index contributed by atoms with van der Waals surface area (Å²) in [6, 6.07) is 0.588. The van der Waals surface area contributed by atoms with E-state index >= 15 is 0 Å². The largest absolute Gasteiger partial charge is 0.310 e. The van der Waals surface area contributed by atoms with Gasteiger partial charge in [-0.15, -0.1) is 11.6 Å². The van der Waals surface area contributed by atoms with Gasteiger partial charge in [0.05, 0.1) is 0 Å². The van der Waals surface area contributed by atoms with E-state index in [4.69, 9.17) is 11.6 Å². The van der Waals surface area contributed by atoms with Gasteiger partial charge in [0.1, 0.15) is 0 Å². The van der Waals surface area contributed by atoms with E-state index in [-0.39, 0.29) is 0 Å². The van der Waals surface area contributed by atoms with Crippen LogP contribution in [-0.4, -0.2) is 30.5 Å². The van der Waals surface area contributed by atoms with Crippen LogP contribution in [0.3, 0.4) is 0 Å². The summed E-state index contributed by atoms with van der Waals surface area (Å²) < 4.78 is 0. The third-order valence-corrected chi connectivity index (χ3v) is 2.27. The molecule has 0 radical (unpaired) electrons. The van der Waals surface area contributed by atoms with Crippen molar-refractivity contribution >= 4 is 23.4 Å². The topological polar surface area (TPSA) is 12.0 Å². The van der Waals surface area contributed by atoms with Crippen molar-refractivity contribution in [1.82, 2.24) is 5.32 Å². The van der Waals surface area contributed by atoms with Gasteiger partial charge >= 0.3 is 0 Å². The lowest BCUT2D eigenvalue weighted by Crippen LogP contribution is -2.28. The molecule has 0 heterocycles. The Hall–Kier alpha value is 0.340. The van der Waals surface area contributed by atoms with E-state index in [1.807, 2.05) is 17.8 Å².